The van der Waals surface area contributed by atoms with E-state index in [1.807, 2.05) is 16.6 Å². The van der Waals surface area contributed by atoms with Crippen LogP contribution < -0.4 is 4.83 Å². The number of amides is 1. The number of hydrogen-bond acceptors (Lipinski definition) is 4. The highest BCUT2D eigenvalue weighted by Gasteiger charge is 2.30. The van der Waals surface area contributed by atoms with Crippen LogP contribution in [0.25, 0.3) is 0 Å². The Morgan fingerprint density at radius 2 is 2.43 bits per heavy atom. The largest absolute Gasteiger partial charge is 0.465 e. The molecule has 0 aliphatic carbocycles. The SMILES string of the molecule is O=C(O)N1CCCCC1N1C=CSN1. The van der Waals surface area contributed by atoms with E-state index < -0.39 is 6.09 Å². The van der Waals surface area contributed by atoms with Crippen molar-refractivity contribution in [1.29, 1.82) is 0 Å². The number of nitrogens with one attached hydrogen (secondary N) is 1. The van der Waals surface area contributed by atoms with Crippen LogP contribution in [0, 0.1) is 0 Å². The summed E-state index contributed by atoms with van der Waals surface area (Å²) in [4.78, 5) is 15.5. The smallest absolute Gasteiger partial charge is 0.408 e. The Kier molecular flexibility index (Phi) is 2.83. The minimum absolute atomic E-state index is 0.0486. The summed E-state index contributed by atoms with van der Waals surface area (Å²) < 4.78 is 0. The summed E-state index contributed by atoms with van der Waals surface area (Å²) in [5.41, 5.74) is 0. The van der Waals surface area contributed by atoms with Gasteiger partial charge in [-0.2, -0.15) is 4.83 Å². The second kappa shape index (κ2) is 4.10. The number of carboxylic acid groups (broad SMARTS) is 1. The van der Waals surface area contributed by atoms with Crippen molar-refractivity contribution in [3.63, 3.8) is 0 Å². The topological polar surface area (TPSA) is 55.8 Å². The Morgan fingerprint density at radius 1 is 1.57 bits per heavy atom. The zero-order valence-electron chi connectivity index (χ0n) is 7.72. The molecule has 78 valence electrons. The molecule has 0 radical (unpaired) electrons. The Morgan fingerprint density at radius 3 is 3.07 bits per heavy atom. The third-order valence-corrected chi connectivity index (χ3v) is 3.06. The third kappa shape index (κ3) is 1.80. The Bertz CT molecular complexity index is 259. The second-order valence-corrected chi connectivity index (χ2v) is 4.04. The fraction of sp³-hybridized carbons (Fsp3) is 0.625. The fourth-order valence-corrected chi connectivity index (χ4v) is 2.36. The molecular weight excluding hydrogens is 202 g/mol. The minimum Gasteiger partial charge on any atom is -0.465 e. The normalized spacial score (nSPS) is 27.0. The van der Waals surface area contributed by atoms with E-state index in [1.165, 1.54) is 16.8 Å². The first-order chi connectivity index (χ1) is 6.79. The highest BCUT2D eigenvalue weighted by atomic mass is 32.2. The summed E-state index contributed by atoms with van der Waals surface area (Å²) in [5, 5.41) is 12.8. The van der Waals surface area contributed by atoms with Gasteiger partial charge in [-0.25, -0.2) is 4.79 Å². The van der Waals surface area contributed by atoms with E-state index in [4.69, 9.17) is 5.11 Å². The molecule has 0 aromatic rings. The second-order valence-electron chi connectivity index (χ2n) is 3.35. The van der Waals surface area contributed by atoms with E-state index in [2.05, 4.69) is 4.83 Å². The van der Waals surface area contributed by atoms with Crippen molar-refractivity contribution in [2.24, 2.45) is 0 Å². The van der Waals surface area contributed by atoms with Crippen LogP contribution in [0.2, 0.25) is 0 Å². The van der Waals surface area contributed by atoms with Crippen molar-refractivity contribution < 1.29 is 9.90 Å². The summed E-state index contributed by atoms with van der Waals surface area (Å²) in [6.45, 7) is 0.636. The van der Waals surface area contributed by atoms with Crippen LogP contribution >= 0.6 is 11.9 Å². The maximum atomic E-state index is 11.0. The van der Waals surface area contributed by atoms with Gasteiger partial charge in [0.25, 0.3) is 0 Å². The van der Waals surface area contributed by atoms with Gasteiger partial charge in [-0.1, -0.05) is 0 Å². The van der Waals surface area contributed by atoms with Gasteiger partial charge in [0.1, 0.15) is 6.17 Å². The maximum absolute atomic E-state index is 11.0. The zero-order valence-corrected chi connectivity index (χ0v) is 8.54. The standard InChI is InChI=1S/C8H13N3O2S/c12-8(13)10-4-2-1-3-7(10)11-5-6-14-9-11/h5-7,9H,1-4H2,(H,12,13). The van der Waals surface area contributed by atoms with Crippen LogP contribution in [-0.4, -0.2) is 33.8 Å². The molecule has 0 saturated carbocycles. The average Bonchev–Trinajstić information content (AvgIpc) is 2.70. The van der Waals surface area contributed by atoms with Gasteiger partial charge in [-0.3, -0.25) is 9.91 Å². The monoisotopic (exact) mass is 215 g/mol. The summed E-state index contributed by atoms with van der Waals surface area (Å²) in [7, 11) is 0. The third-order valence-electron chi connectivity index (χ3n) is 2.49. The van der Waals surface area contributed by atoms with E-state index >= 15 is 0 Å². The molecule has 5 nitrogen and oxygen atoms in total. The fourth-order valence-electron chi connectivity index (χ4n) is 1.80. The molecule has 1 fully saturated rings. The lowest BCUT2D eigenvalue weighted by Gasteiger charge is -2.38. The molecule has 1 amide bonds. The Hall–Kier alpha value is -0.880. The number of likely N-dealkylation sites (tertiary alicyclic amines) is 1. The highest BCUT2D eigenvalue weighted by molar-refractivity contribution is 8.00. The predicted molar refractivity (Wildman–Crippen MR) is 54.1 cm³/mol. The molecule has 0 bridgehead atoms. The van der Waals surface area contributed by atoms with Gasteiger partial charge >= 0.3 is 6.09 Å². The first-order valence-corrected chi connectivity index (χ1v) is 5.53. The van der Waals surface area contributed by atoms with Crippen LogP contribution in [0.5, 0.6) is 0 Å². The number of nitrogens with zero attached hydrogens (tertiary/aromatic N) is 2. The van der Waals surface area contributed by atoms with Crippen molar-refractivity contribution in [2.45, 2.75) is 25.4 Å². The van der Waals surface area contributed by atoms with Crippen LogP contribution in [0.4, 0.5) is 4.79 Å². The van der Waals surface area contributed by atoms with Gasteiger partial charge in [0, 0.05) is 18.2 Å². The Labute approximate surface area is 86.8 Å². The first-order valence-electron chi connectivity index (χ1n) is 4.65. The average molecular weight is 215 g/mol. The van der Waals surface area contributed by atoms with Crippen molar-refractivity contribution in [2.75, 3.05) is 6.54 Å². The van der Waals surface area contributed by atoms with Gasteiger partial charge in [0.2, 0.25) is 0 Å². The molecule has 0 spiro atoms. The number of carbonyl (C=O) groups is 1. The number of hydrazine groups is 1. The quantitative estimate of drug-likeness (QED) is 0.648. The van der Waals surface area contributed by atoms with Crippen LogP contribution in [0.15, 0.2) is 11.6 Å². The molecule has 2 aliphatic rings. The zero-order chi connectivity index (χ0) is 9.97. The molecule has 0 aromatic carbocycles. The van der Waals surface area contributed by atoms with E-state index in [9.17, 15) is 4.79 Å². The summed E-state index contributed by atoms with van der Waals surface area (Å²) in [5.74, 6) is 0. The van der Waals surface area contributed by atoms with Crippen molar-refractivity contribution in [3.8, 4) is 0 Å². The molecule has 2 aliphatic heterocycles. The van der Waals surface area contributed by atoms with Crippen LogP contribution in [-0.2, 0) is 0 Å². The van der Waals surface area contributed by atoms with Gasteiger partial charge < -0.3 is 5.11 Å². The van der Waals surface area contributed by atoms with Gasteiger partial charge in [-0.05, 0) is 31.2 Å². The molecular formula is C8H13N3O2S. The summed E-state index contributed by atoms with van der Waals surface area (Å²) >= 11 is 1.47. The molecule has 2 rings (SSSR count). The van der Waals surface area contributed by atoms with Gasteiger partial charge in [0.15, 0.2) is 0 Å². The molecule has 14 heavy (non-hydrogen) atoms. The van der Waals surface area contributed by atoms with Crippen LogP contribution in [0.3, 0.4) is 0 Å². The minimum atomic E-state index is -0.832. The molecule has 2 heterocycles. The van der Waals surface area contributed by atoms with Crippen LogP contribution in [0.1, 0.15) is 19.3 Å². The highest BCUT2D eigenvalue weighted by Crippen LogP contribution is 2.23. The number of hydrogen-bond donors (Lipinski definition) is 2. The van der Waals surface area contributed by atoms with Crippen molar-refractivity contribution >= 4 is 18.0 Å². The lowest BCUT2D eigenvalue weighted by atomic mass is 10.1. The van der Waals surface area contributed by atoms with E-state index in [1.54, 1.807) is 0 Å². The summed E-state index contributed by atoms with van der Waals surface area (Å²) in [6, 6.07) is 0. The molecule has 6 heteroatoms. The summed E-state index contributed by atoms with van der Waals surface area (Å²) in [6.07, 6.45) is 3.95. The molecule has 0 aromatic heterocycles. The van der Waals surface area contributed by atoms with Gasteiger partial charge in [0.05, 0.1) is 0 Å². The maximum Gasteiger partial charge on any atom is 0.408 e. The predicted octanol–water partition coefficient (Wildman–Crippen LogP) is 1.42. The number of piperidine rings is 1. The van der Waals surface area contributed by atoms with Gasteiger partial charge in [-0.15, -0.1) is 0 Å². The van der Waals surface area contributed by atoms with Crippen molar-refractivity contribution in [1.82, 2.24) is 14.7 Å². The lowest BCUT2D eigenvalue weighted by molar-refractivity contribution is 0.0376. The van der Waals surface area contributed by atoms with E-state index in [-0.39, 0.29) is 6.17 Å². The Balaban J connectivity index is 2.05. The number of rotatable bonds is 1. The van der Waals surface area contributed by atoms with E-state index in [0.717, 1.165) is 19.3 Å². The van der Waals surface area contributed by atoms with E-state index in [0.29, 0.717) is 6.54 Å². The molecule has 1 saturated heterocycles. The lowest BCUT2D eigenvalue weighted by Crippen LogP contribution is -2.53. The molecule has 1 unspecified atom stereocenters. The molecule has 2 N–H and O–H groups in total. The first kappa shape index (κ1) is 9.67. The molecule has 1 atom stereocenters. The van der Waals surface area contributed by atoms with Crippen molar-refractivity contribution in [3.05, 3.63) is 11.6 Å².